The molecule has 1 heterocycles. The van der Waals surface area contributed by atoms with Crippen molar-refractivity contribution in [3.05, 3.63) is 70.5 Å². The molecule has 0 aromatic heterocycles. The van der Waals surface area contributed by atoms with Gasteiger partial charge in [-0.05, 0) is 29.7 Å². The Morgan fingerprint density at radius 3 is 2.65 bits per heavy atom. The third-order valence-corrected chi connectivity index (χ3v) is 4.90. The maximum absolute atomic E-state index is 14.2. The third-order valence-electron chi connectivity index (χ3n) is 4.90. The molecule has 3 heteroatoms. The molecule has 0 aliphatic carbocycles. The van der Waals surface area contributed by atoms with Gasteiger partial charge in [0, 0.05) is 31.1 Å². The number of benzene rings is 2. The molecule has 1 aliphatic heterocycles. The van der Waals surface area contributed by atoms with E-state index in [4.69, 9.17) is 5.73 Å². The molecule has 1 unspecified atom stereocenters. The van der Waals surface area contributed by atoms with Crippen molar-refractivity contribution in [3.63, 3.8) is 0 Å². The number of nitrogens with zero attached hydrogens (tertiary/aromatic N) is 1. The summed E-state index contributed by atoms with van der Waals surface area (Å²) >= 11 is 0. The Labute approximate surface area is 138 Å². The Morgan fingerprint density at radius 1 is 1.22 bits per heavy atom. The van der Waals surface area contributed by atoms with Gasteiger partial charge in [-0.15, -0.1) is 0 Å². The average molecular weight is 312 g/mol. The van der Waals surface area contributed by atoms with Crippen molar-refractivity contribution in [3.8, 4) is 0 Å². The average Bonchev–Trinajstić information content (AvgIpc) is 2.83. The molecule has 2 aromatic carbocycles. The highest BCUT2D eigenvalue weighted by molar-refractivity contribution is 5.38. The van der Waals surface area contributed by atoms with E-state index >= 15 is 0 Å². The van der Waals surface area contributed by atoms with Crippen molar-refractivity contribution in [1.82, 2.24) is 4.90 Å². The maximum Gasteiger partial charge on any atom is 0.126 e. The van der Waals surface area contributed by atoms with Crippen LogP contribution in [0.3, 0.4) is 0 Å². The van der Waals surface area contributed by atoms with E-state index < -0.39 is 0 Å². The summed E-state index contributed by atoms with van der Waals surface area (Å²) in [7, 11) is 0. The number of hydrogen-bond donors (Lipinski definition) is 1. The van der Waals surface area contributed by atoms with Crippen LogP contribution in [0.25, 0.3) is 0 Å². The number of hydrogen-bond acceptors (Lipinski definition) is 2. The van der Waals surface area contributed by atoms with Crippen molar-refractivity contribution in [2.24, 2.45) is 5.73 Å². The van der Waals surface area contributed by atoms with Gasteiger partial charge < -0.3 is 5.73 Å². The summed E-state index contributed by atoms with van der Waals surface area (Å²) in [5.41, 5.74) is 10.5. The minimum atomic E-state index is -0.268. The summed E-state index contributed by atoms with van der Waals surface area (Å²) in [6.07, 6.45) is 0. The zero-order chi connectivity index (χ0) is 16.6. The fraction of sp³-hybridized carbons (Fsp3) is 0.400. The minimum absolute atomic E-state index is 0.130. The summed E-state index contributed by atoms with van der Waals surface area (Å²) in [4.78, 5) is 2.39. The first-order valence-electron chi connectivity index (χ1n) is 8.21. The Bertz CT molecular complexity index is 709. The van der Waals surface area contributed by atoms with E-state index in [0.29, 0.717) is 6.54 Å². The van der Waals surface area contributed by atoms with Crippen LogP contribution < -0.4 is 5.73 Å². The first kappa shape index (κ1) is 16.2. The van der Waals surface area contributed by atoms with Gasteiger partial charge in [0.05, 0.1) is 0 Å². The van der Waals surface area contributed by atoms with Crippen molar-refractivity contribution < 1.29 is 4.39 Å². The van der Waals surface area contributed by atoms with Crippen LogP contribution in [0, 0.1) is 12.7 Å². The molecule has 0 bridgehead atoms. The molecule has 2 nitrogen and oxygen atoms in total. The van der Waals surface area contributed by atoms with Crippen LogP contribution in [-0.4, -0.2) is 18.0 Å². The minimum Gasteiger partial charge on any atom is -0.329 e. The molecular formula is C20H25FN2. The molecular weight excluding hydrogens is 287 g/mol. The van der Waals surface area contributed by atoms with Crippen molar-refractivity contribution in [2.45, 2.75) is 38.8 Å². The molecule has 1 atom stereocenters. The summed E-state index contributed by atoms with van der Waals surface area (Å²) in [5.74, 6) is -0.130. The number of nitrogens with two attached hydrogens (primary N) is 1. The van der Waals surface area contributed by atoms with Crippen LogP contribution >= 0.6 is 0 Å². The largest absolute Gasteiger partial charge is 0.329 e. The second-order valence-electron chi connectivity index (χ2n) is 7.22. The highest BCUT2D eigenvalue weighted by Gasteiger charge is 2.34. The van der Waals surface area contributed by atoms with E-state index in [2.05, 4.69) is 43.9 Å². The Balaban J connectivity index is 1.87. The normalized spacial score (nSPS) is 18.2. The quantitative estimate of drug-likeness (QED) is 0.927. The van der Waals surface area contributed by atoms with Gasteiger partial charge in [0.25, 0.3) is 0 Å². The van der Waals surface area contributed by atoms with Gasteiger partial charge in [0.15, 0.2) is 0 Å². The molecule has 0 saturated heterocycles. The lowest BCUT2D eigenvalue weighted by Crippen LogP contribution is -2.38. The number of halogens is 1. The number of fused-ring (bicyclic) bond motifs is 1. The molecule has 0 amide bonds. The molecule has 0 spiro atoms. The first-order valence-corrected chi connectivity index (χ1v) is 8.21. The van der Waals surface area contributed by atoms with Crippen molar-refractivity contribution in [2.75, 3.05) is 13.1 Å². The maximum atomic E-state index is 14.2. The second kappa shape index (κ2) is 6.06. The summed E-state index contributed by atoms with van der Waals surface area (Å²) < 4.78 is 14.2. The highest BCUT2D eigenvalue weighted by Crippen LogP contribution is 2.37. The van der Waals surface area contributed by atoms with E-state index in [1.54, 1.807) is 12.1 Å². The van der Waals surface area contributed by atoms with Gasteiger partial charge in [-0.2, -0.15) is 0 Å². The van der Waals surface area contributed by atoms with Crippen LogP contribution in [0.2, 0.25) is 0 Å². The van der Waals surface area contributed by atoms with Crippen LogP contribution in [0.4, 0.5) is 4.39 Å². The van der Waals surface area contributed by atoms with Gasteiger partial charge in [0.1, 0.15) is 5.82 Å². The summed E-state index contributed by atoms with van der Waals surface area (Å²) in [5, 5.41) is 0. The third kappa shape index (κ3) is 3.04. The predicted molar refractivity (Wildman–Crippen MR) is 92.8 cm³/mol. The summed E-state index contributed by atoms with van der Waals surface area (Å²) in [6, 6.07) is 13.9. The van der Waals surface area contributed by atoms with Crippen LogP contribution in [-0.2, 0) is 12.0 Å². The molecule has 23 heavy (non-hydrogen) atoms. The van der Waals surface area contributed by atoms with Crippen LogP contribution in [0.1, 0.15) is 42.1 Å². The molecule has 3 rings (SSSR count). The van der Waals surface area contributed by atoms with E-state index in [1.807, 2.05) is 12.1 Å². The van der Waals surface area contributed by atoms with E-state index in [0.717, 1.165) is 18.7 Å². The zero-order valence-electron chi connectivity index (χ0n) is 14.1. The zero-order valence-corrected chi connectivity index (χ0v) is 14.1. The Kier molecular flexibility index (Phi) is 4.26. The van der Waals surface area contributed by atoms with Crippen LogP contribution in [0.5, 0.6) is 0 Å². The first-order chi connectivity index (χ1) is 10.9. The lowest BCUT2D eigenvalue weighted by atomic mass is 9.83. The second-order valence-corrected chi connectivity index (χ2v) is 7.22. The lowest BCUT2D eigenvalue weighted by Gasteiger charge is -2.34. The molecule has 2 aromatic rings. The highest BCUT2D eigenvalue weighted by atomic mass is 19.1. The fourth-order valence-corrected chi connectivity index (χ4v) is 3.74. The molecule has 2 N–H and O–H groups in total. The summed E-state index contributed by atoms with van der Waals surface area (Å²) in [6.45, 7) is 8.57. The van der Waals surface area contributed by atoms with Gasteiger partial charge >= 0.3 is 0 Å². The van der Waals surface area contributed by atoms with Crippen molar-refractivity contribution in [1.29, 1.82) is 0 Å². The van der Waals surface area contributed by atoms with Gasteiger partial charge in [0.2, 0.25) is 0 Å². The SMILES string of the molecule is Cc1ccc2c(c1)C(CN)N(CC(C)(C)c1ccccc1F)C2. The predicted octanol–water partition coefficient (Wildman–Crippen LogP) is 3.93. The monoisotopic (exact) mass is 312 g/mol. The van der Waals surface area contributed by atoms with E-state index in [1.165, 1.54) is 16.7 Å². The lowest BCUT2D eigenvalue weighted by molar-refractivity contribution is 0.177. The standard InChI is InChI=1S/C20H25FN2/c1-14-8-9-15-12-23(19(11-22)16(15)10-14)13-20(2,3)17-6-4-5-7-18(17)21/h4-10,19H,11-13,22H2,1-3H3. The van der Waals surface area contributed by atoms with E-state index in [-0.39, 0.29) is 17.3 Å². The van der Waals surface area contributed by atoms with Crippen LogP contribution in [0.15, 0.2) is 42.5 Å². The molecule has 122 valence electrons. The molecule has 0 fully saturated rings. The molecule has 1 aliphatic rings. The van der Waals surface area contributed by atoms with Gasteiger partial charge in [-0.1, -0.05) is 55.8 Å². The Morgan fingerprint density at radius 2 is 1.96 bits per heavy atom. The van der Waals surface area contributed by atoms with Crippen molar-refractivity contribution >= 4 is 0 Å². The fourth-order valence-electron chi connectivity index (χ4n) is 3.74. The van der Waals surface area contributed by atoms with Gasteiger partial charge in [-0.25, -0.2) is 4.39 Å². The number of aryl methyl sites for hydroxylation is 1. The van der Waals surface area contributed by atoms with Gasteiger partial charge in [-0.3, -0.25) is 4.90 Å². The topological polar surface area (TPSA) is 29.3 Å². The Hall–Kier alpha value is -1.71. The van der Waals surface area contributed by atoms with E-state index in [9.17, 15) is 4.39 Å². The smallest absolute Gasteiger partial charge is 0.126 e. The molecule has 0 radical (unpaired) electrons. The number of rotatable bonds is 4. The molecule has 0 saturated carbocycles.